The predicted molar refractivity (Wildman–Crippen MR) is 77.6 cm³/mol. The van der Waals surface area contributed by atoms with Crippen LogP contribution in [0.1, 0.15) is 11.1 Å². The van der Waals surface area contributed by atoms with E-state index in [2.05, 4.69) is 15.2 Å². The first-order chi connectivity index (χ1) is 10.5. The van der Waals surface area contributed by atoms with Gasteiger partial charge in [-0.1, -0.05) is 24.3 Å². The number of aromatic nitrogens is 4. The molecule has 3 rings (SSSR count). The summed E-state index contributed by atoms with van der Waals surface area (Å²) in [6, 6.07) is 8.87. The Morgan fingerprint density at radius 3 is 2.55 bits per heavy atom. The number of aromatic amines is 2. The minimum absolute atomic E-state index is 0.133. The van der Waals surface area contributed by atoms with Crippen LogP contribution in [-0.4, -0.2) is 19.6 Å². The molecule has 22 heavy (non-hydrogen) atoms. The number of nitriles is 1. The van der Waals surface area contributed by atoms with Gasteiger partial charge in [0.15, 0.2) is 0 Å². The fraction of sp³-hybridized carbons (Fsp3) is 0.0714. The van der Waals surface area contributed by atoms with Gasteiger partial charge in [0, 0.05) is 5.56 Å². The van der Waals surface area contributed by atoms with Crippen molar-refractivity contribution >= 4 is 5.78 Å². The van der Waals surface area contributed by atoms with E-state index in [1.165, 1.54) is 0 Å². The summed E-state index contributed by atoms with van der Waals surface area (Å²) < 4.78 is 0.555. The fourth-order valence-corrected chi connectivity index (χ4v) is 2.20. The second kappa shape index (κ2) is 4.82. The first kappa shape index (κ1) is 13.5. The Morgan fingerprint density at radius 2 is 1.86 bits per heavy atom. The van der Waals surface area contributed by atoms with E-state index >= 15 is 0 Å². The molecule has 2 N–H and O–H groups in total. The molecule has 0 aliphatic heterocycles. The summed E-state index contributed by atoms with van der Waals surface area (Å²) in [7, 11) is 0. The summed E-state index contributed by atoms with van der Waals surface area (Å²) in [4.78, 5) is 39.6. The van der Waals surface area contributed by atoms with Crippen LogP contribution in [0.3, 0.4) is 0 Å². The van der Waals surface area contributed by atoms with Gasteiger partial charge in [-0.15, -0.1) is 0 Å². The van der Waals surface area contributed by atoms with Crippen LogP contribution in [0.2, 0.25) is 0 Å². The molecule has 0 amide bonds. The van der Waals surface area contributed by atoms with E-state index in [9.17, 15) is 19.6 Å². The van der Waals surface area contributed by atoms with E-state index in [1.54, 1.807) is 18.2 Å². The zero-order chi connectivity index (χ0) is 15.9. The van der Waals surface area contributed by atoms with E-state index in [0.717, 1.165) is 5.56 Å². The summed E-state index contributed by atoms with van der Waals surface area (Å²) in [5.74, 6) is -0.133. The highest BCUT2D eigenvalue weighted by molar-refractivity contribution is 5.70. The molecule has 0 aliphatic rings. The van der Waals surface area contributed by atoms with E-state index < -0.39 is 16.7 Å². The van der Waals surface area contributed by atoms with Crippen LogP contribution in [0, 0.1) is 18.3 Å². The van der Waals surface area contributed by atoms with Crippen molar-refractivity contribution in [2.75, 3.05) is 0 Å². The Balaban J connectivity index is 2.55. The molecule has 0 radical (unpaired) electrons. The van der Waals surface area contributed by atoms with Crippen molar-refractivity contribution in [1.82, 2.24) is 19.6 Å². The molecule has 0 saturated heterocycles. The number of hydrogen-bond donors (Lipinski definition) is 2. The molecule has 3 aromatic rings. The average molecular weight is 295 g/mol. The van der Waals surface area contributed by atoms with Gasteiger partial charge in [0.2, 0.25) is 5.78 Å². The second-order valence-electron chi connectivity index (χ2n) is 4.61. The number of hydrogen-bond acceptors (Lipinski definition) is 5. The average Bonchev–Trinajstić information content (AvgIpc) is 2.51. The molecule has 108 valence electrons. The van der Waals surface area contributed by atoms with Gasteiger partial charge in [-0.05, 0) is 12.5 Å². The molecule has 0 atom stereocenters. The van der Waals surface area contributed by atoms with Gasteiger partial charge in [-0.3, -0.25) is 24.6 Å². The van der Waals surface area contributed by atoms with Crippen LogP contribution in [0.25, 0.3) is 17.0 Å². The third-order valence-electron chi connectivity index (χ3n) is 3.28. The van der Waals surface area contributed by atoms with E-state index in [0.29, 0.717) is 9.96 Å². The lowest BCUT2D eigenvalue weighted by Crippen LogP contribution is -2.41. The van der Waals surface area contributed by atoms with Crippen molar-refractivity contribution in [3.63, 3.8) is 0 Å². The smallest absolute Gasteiger partial charge is 0.267 e. The highest BCUT2D eigenvalue weighted by atomic mass is 16.2. The van der Waals surface area contributed by atoms with Crippen molar-refractivity contribution in [3.05, 3.63) is 66.5 Å². The first-order valence-electron chi connectivity index (χ1n) is 6.28. The van der Waals surface area contributed by atoms with E-state index in [1.807, 2.05) is 19.1 Å². The zero-order valence-corrected chi connectivity index (χ0v) is 11.4. The highest BCUT2D eigenvalue weighted by Crippen LogP contribution is 2.22. The Hall–Kier alpha value is -3.47. The highest BCUT2D eigenvalue weighted by Gasteiger charge is 2.17. The van der Waals surface area contributed by atoms with Crippen LogP contribution < -0.4 is 16.7 Å². The Morgan fingerprint density at radius 1 is 1.14 bits per heavy atom. The van der Waals surface area contributed by atoms with Gasteiger partial charge in [0.1, 0.15) is 11.6 Å². The van der Waals surface area contributed by atoms with Crippen LogP contribution in [-0.2, 0) is 0 Å². The molecular formula is C14H9N5O3. The molecule has 0 aliphatic carbocycles. The molecular weight excluding hydrogens is 286 g/mol. The lowest BCUT2D eigenvalue weighted by atomic mass is 10.0. The largest absolute Gasteiger partial charge is 0.328 e. The minimum Gasteiger partial charge on any atom is -0.267 e. The molecule has 0 spiro atoms. The Kier molecular flexibility index (Phi) is 2.96. The van der Waals surface area contributed by atoms with Crippen molar-refractivity contribution in [2.24, 2.45) is 0 Å². The molecule has 1 aromatic carbocycles. The van der Waals surface area contributed by atoms with Crippen molar-refractivity contribution in [1.29, 1.82) is 5.26 Å². The minimum atomic E-state index is -1.08. The summed E-state index contributed by atoms with van der Waals surface area (Å²) in [5.41, 5.74) is -1.66. The van der Waals surface area contributed by atoms with Gasteiger partial charge in [-0.25, -0.2) is 9.38 Å². The quantitative estimate of drug-likeness (QED) is 0.607. The van der Waals surface area contributed by atoms with Crippen LogP contribution in [0.4, 0.5) is 0 Å². The maximum Gasteiger partial charge on any atom is 0.328 e. The van der Waals surface area contributed by atoms with Crippen molar-refractivity contribution in [2.45, 2.75) is 6.92 Å². The zero-order valence-electron chi connectivity index (χ0n) is 11.4. The van der Waals surface area contributed by atoms with Gasteiger partial charge < -0.3 is 0 Å². The number of H-pyrrole nitrogens is 2. The monoisotopic (exact) mass is 295 g/mol. The predicted octanol–water partition coefficient (Wildman–Crippen LogP) is -0.0818. The summed E-state index contributed by atoms with van der Waals surface area (Å²) in [5, 5.41) is 13.8. The Labute approximate surface area is 122 Å². The lowest BCUT2D eigenvalue weighted by Gasteiger charge is -2.08. The summed E-state index contributed by atoms with van der Waals surface area (Å²) in [6.07, 6.45) is 0. The summed E-state index contributed by atoms with van der Waals surface area (Å²) >= 11 is 0. The maximum atomic E-state index is 12.4. The lowest BCUT2D eigenvalue weighted by molar-refractivity contribution is 0.849. The van der Waals surface area contributed by atoms with Gasteiger partial charge in [0.05, 0.1) is 5.69 Å². The molecule has 0 fully saturated rings. The van der Waals surface area contributed by atoms with Crippen molar-refractivity contribution < 1.29 is 0 Å². The van der Waals surface area contributed by atoms with Gasteiger partial charge >= 0.3 is 11.1 Å². The number of fused-ring (bicyclic) bond motifs is 1. The molecule has 0 unspecified atom stereocenters. The fourth-order valence-electron chi connectivity index (χ4n) is 2.20. The summed E-state index contributed by atoms with van der Waals surface area (Å²) in [6.45, 7) is 1.82. The second-order valence-corrected chi connectivity index (χ2v) is 4.61. The van der Waals surface area contributed by atoms with E-state index in [-0.39, 0.29) is 17.0 Å². The van der Waals surface area contributed by atoms with Crippen LogP contribution >= 0.6 is 0 Å². The molecule has 2 heterocycles. The van der Waals surface area contributed by atoms with Gasteiger partial charge in [-0.2, -0.15) is 5.26 Å². The van der Waals surface area contributed by atoms with Gasteiger partial charge in [0.25, 0.3) is 5.56 Å². The Bertz CT molecular complexity index is 1110. The van der Waals surface area contributed by atoms with Crippen molar-refractivity contribution in [3.8, 4) is 17.3 Å². The molecule has 8 nitrogen and oxygen atoms in total. The molecule has 2 aromatic heterocycles. The molecule has 0 saturated carbocycles. The third kappa shape index (κ3) is 1.84. The number of benzene rings is 1. The number of aryl methyl sites for hydroxylation is 1. The first-order valence-corrected chi connectivity index (χ1v) is 6.28. The maximum absolute atomic E-state index is 12.4. The topological polar surface area (TPSA) is 124 Å². The molecule has 8 heteroatoms. The van der Waals surface area contributed by atoms with Crippen LogP contribution in [0.15, 0.2) is 38.6 Å². The molecule has 0 bridgehead atoms. The normalized spacial score (nSPS) is 10.5. The number of nitrogens with one attached hydrogen (secondary N) is 2. The number of rotatable bonds is 1. The third-order valence-corrected chi connectivity index (χ3v) is 3.28. The SMILES string of the molecule is Cc1ccccc1-c1nc2[nH][nH]c(=O)c(=O)n2c(=O)c1C#N. The van der Waals surface area contributed by atoms with E-state index in [4.69, 9.17) is 0 Å². The number of nitrogens with zero attached hydrogens (tertiary/aromatic N) is 3. The van der Waals surface area contributed by atoms with Crippen LogP contribution in [0.5, 0.6) is 0 Å². The standard InChI is InChI=1S/C14H9N5O3/c1-7-4-2-3-5-8(7)10-9(6-15)12(21)19-13(22)11(20)17-18-14(19)16-10/h2-5H,1H3,(H,16,18)(H,17,20).